The predicted octanol–water partition coefficient (Wildman–Crippen LogP) is 4.31. The second-order valence-electron chi connectivity index (χ2n) is 4.49. The van der Waals surface area contributed by atoms with Crippen molar-refractivity contribution in [3.63, 3.8) is 0 Å². The monoisotopic (exact) mass is 242 g/mol. The number of hydrogen-bond acceptors (Lipinski definition) is 1. The maximum atomic E-state index is 13.4. The summed E-state index contributed by atoms with van der Waals surface area (Å²) in [5.74, 6) is -0.373. The van der Waals surface area contributed by atoms with Gasteiger partial charge in [0.1, 0.15) is 5.82 Å². The Morgan fingerprint density at radius 2 is 1.78 bits per heavy atom. The van der Waals surface area contributed by atoms with Gasteiger partial charge in [-0.2, -0.15) is 0 Å². The fourth-order valence-electron chi connectivity index (χ4n) is 2.09. The SMILES string of the molecule is CC(=O)c1ccc(F)cc1-c1cccc(C)c1C. The third kappa shape index (κ3) is 2.19. The van der Waals surface area contributed by atoms with E-state index < -0.39 is 0 Å². The molecule has 0 aromatic heterocycles. The largest absolute Gasteiger partial charge is 0.294 e. The molecule has 2 rings (SSSR count). The first kappa shape index (κ1) is 12.5. The van der Waals surface area contributed by atoms with Gasteiger partial charge in [0.25, 0.3) is 0 Å². The van der Waals surface area contributed by atoms with Crippen LogP contribution < -0.4 is 0 Å². The van der Waals surface area contributed by atoms with Crippen LogP contribution >= 0.6 is 0 Å². The molecule has 0 atom stereocenters. The highest BCUT2D eigenvalue weighted by Gasteiger charge is 2.12. The summed E-state index contributed by atoms with van der Waals surface area (Å²) in [4.78, 5) is 11.6. The maximum absolute atomic E-state index is 13.4. The van der Waals surface area contributed by atoms with Crippen molar-refractivity contribution in [3.8, 4) is 11.1 Å². The lowest BCUT2D eigenvalue weighted by atomic mass is 9.92. The number of halogens is 1. The van der Waals surface area contributed by atoms with Crippen LogP contribution in [0.2, 0.25) is 0 Å². The summed E-state index contributed by atoms with van der Waals surface area (Å²) >= 11 is 0. The van der Waals surface area contributed by atoms with Crippen LogP contribution in [0.25, 0.3) is 11.1 Å². The molecule has 0 fully saturated rings. The van der Waals surface area contributed by atoms with Crippen LogP contribution in [-0.2, 0) is 0 Å². The van der Waals surface area contributed by atoms with Crippen molar-refractivity contribution >= 4 is 5.78 Å². The molecule has 0 aliphatic heterocycles. The van der Waals surface area contributed by atoms with Gasteiger partial charge in [-0.25, -0.2) is 4.39 Å². The molecule has 0 heterocycles. The number of hydrogen-bond donors (Lipinski definition) is 0. The fourth-order valence-corrected chi connectivity index (χ4v) is 2.09. The van der Waals surface area contributed by atoms with Crippen LogP contribution in [0.5, 0.6) is 0 Å². The summed E-state index contributed by atoms with van der Waals surface area (Å²) in [5, 5.41) is 0. The van der Waals surface area contributed by atoms with Crippen molar-refractivity contribution in [2.75, 3.05) is 0 Å². The van der Waals surface area contributed by atoms with Crippen molar-refractivity contribution in [1.29, 1.82) is 0 Å². The Balaban J connectivity index is 2.73. The van der Waals surface area contributed by atoms with Gasteiger partial charge in [0, 0.05) is 5.56 Å². The molecular weight excluding hydrogens is 227 g/mol. The lowest BCUT2D eigenvalue weighted by molar-refractivity contribution is 0.101. The van der Waals surface area contributed by atoms with Gasteiger partial charge in [0.2, 0.25) is 0 Å². The van der Waals surface area contributed by atoms with E-state index in [2.05, 4.69) is 0 Å². The third-order valence-electron chi connectivity index (χ3n) is 3.26. The number of carbonyl (C=O) groups excluding carboxylic acids is 1. The Morgan fingerprint density at radius 3 is 2.44 bits per heavy atom. The molecular formula is C16H15FO. The average molecular weight is 242 g/mol. The van der Waals surface area contributed by atoms with Crippen molar-refractivity contribution < 1.29 is 9.18 Å². The molecule has 0 spiro atoms. The molecule has 2 aromatic rings. The molecule has 2 heteroatoms. The smallest absolute Gasteiger partial charge is 0.160 e. The van der Waals surface area contributed by atoms with E-state index in [-0.39, 0.29) is 11.6 Å². The van der Waals surface area contributed by atoms with E-state index >= 15 is 0 Å². The molecule has 2 aromatic carbocycles. The maximum Gasteiger partial charge on any atom is 0.160 e. The van der Waals surface area contributed by atoms with Crippen LogP contribution in [0.15, 0.2) is 36.4 Å². The second kappa shape index (κ2) is 4.73. The summed E-state index contributed by atoms with van der Waals surface area (Å²) in [6.45, 7) is 5.49. The van der Waals surface area contributed by atoms with Crippen LogP contribution in [0.1, 0.15) is 28.4 Å². The Labute approximate surface area is 106 Å². The number of aryl methyl sites for hydroxylation is 1. The first-order chi connectivity index (χ1) is 8.50. The van der Waals surface area contributed by atoms with Gasteiger partial charge in [-0.15, -0.1) is 0 Å². The van der Waals surface area contributed by atoms with Gasteiger partial charge in [-0.05, 0) is 61.2 Å². The van der Waals surface area contributed by atoms with Gasteiger partial charge in [0.15, 0.2) is 5.78 Å². The van der Waals surface area contributed by atoms with Gasteiger partial charge < -0.3 is 0 Å². The van der Waals surface area contributed by atoms with E-state index in [1.807, 2.05) is 32.0 Å². The zero-order chi connectivity index (χ0) is 13.3. The van der Waals surface area contributed by atoms with E-state index in [4.69, 9.17) is 0 Å². The molecule has 18 heavy (non-hydrogen) atoms. The van der Waals surface area contributed by atoms with Crippen molar-refractivity contribution in [1.82, 2.24) is 0 Å². The summed E-state index contributed by atoms with van der Waals surface area (Å²) in [5.41, 5.74) is 4.35. The van der Waals surface area contributed by atoms with Crippen LogP contribution in [-0.4, -0.2) is 5.78 Å². The summed E-state index contributed by atoms with van der Waals surface area (Å²) in [7, 11) is 0. The lowest BCUT2D eigenvalue weighted by Crippen LogP contribution is -1.98. The minimum atomic E-state index is -0.323. The van der Waals surface area contributed by atoms with Gasteiger partial charge >= 0.3 is 0 Å². The molecule has 0 saturated heterocycles. The summed E-state index contributed by atoms with van der Waals surface area (Å²) < 4.78 is 13.4. The Bertz CT molecular complexity index is 614. The molecule has 0 aliphatic rings. The number of benzene rings is 2. The molecule has 0 N–H and O–H groups in total. The summed E-state index contributed by atoms with van der Waals surface area (Å²) in [6.07, 6.45) is 0. The average Bonchev–Trinajstić information content (AvgIpc) is 2.32. The quantitative estimate of drug-likeness (QED) is 0.717. The zero-order valence-corrected chi connectivity index (χ0v) is 10.8. The number of ketones is 1. The molecule has 0 unspecified atom stereocenters. The highest BCUT2D eigenvalue weighted by atomic mass is 19.1. The highest BCUT2D eigenvalue weighted by molar-refractivity contribution is 6.01. The minimum absolute atomic E-state index is 0.0501. The standard InChI is InChI=1S/C16H15FO/c1-10-5-4-6-14(11(10)2)16-9-13(17)7-8-15(16)12(3)18/h4-9H,1-3H3. The Hall–Kier alpha value is -1.96. The number of carbonyl (C=O) groups is 1. The molecule has 0 bridgehead atoms. The normalized spacial score (nSPS) is 10.4. The first-order valence-corrected chi connectivity index (χ1v) is 5.88. The van der Waals surface area contributed by atoms with Crippen LogP contribution in [0.4, 0.5) is 4.39 Å². The van der Waals surface area contributed by atoms with Crippen molar-refractivity contribution in [2.24, 2.45) is 0 Å². The predicted molar refractivity (Wildman–Crippen MR) is 71.3 cm³/mol. The van der Waals surface area contributed by atoms with E-state index in [0.717, 1.165) is 16.7 Å². The van der Waals surface area contributed by atoms with Crippen LogP contribution in [0, 0.1) is 19.7 Å². The van der Waals surface area contributed by atoms with E-state index in [1.165, 1.54) is 19.1 Å². The van der Waals surface area contributed by atoms with Crippen molar-refractivity contribution in [3.05, 3.63) is 58.9 Å². The Morgan fingerprint density at radius 1 is 1.06 bits per heavy atom. The molecule has 0 aliphatic carbocycles. The van der Waals surface area contributed by atoms with E-state index in [1.54, 1.807) is 6.07 Å². The van der Waals surface area contributed by atoms with Crippen molar-refractivity contribution in [2.45, 2.75) is 20.8 Å². The minimum Gasteiger partial charge on any atom is -0.294 e. The lowest BCUT2D eigenvalue weighted by Gasteiger charge is -2.12. The fraction of sp³-hybridized carbons (Fsp3) is 0.188. The topological polar surface area (TPSA) is 17.1 Å². The van der Waals surface area contributed by atoms with Gasteiger partial charge in [-0.3, -0.25) is 4.79 Å². The van der Waals surface area contributed by atoms with Crippen LogP contribution in [0.3, 0.4) is 0 Å². The highest BCUT2D eigenvalue weighted by Crippen LogP contribution is 2.29. The molecule has 0 amide bonds. The number of Topliss-reactive ketones (excluding diaryl/α,β-unsaturated/α-hetero) is 1. The zero-order valence-electron chi connectivity index (χ0n) is 10.8. The third-order valence-corrected chi connectivity index (χ3v) is 3.26. The van der Waals surface area contributed by atoms with Gasteiger partial charge in [0.05, 0.1) is 0 Å². The van der Waals surface area contributed by atoms with Gasteiger partial charge in [-0.1, -0.05) is 18.2 Å². The van der Waals surface area contributed by atoms with E-state index in [9.17, 15) is 9.18 Å². The Kier molecular flexibility index (Phi) is 3.28. The molecule has 0 saturated carbocycles. The molecule has 92 valence electrons. The molecule has 1 nitrogen and oxygen atoms in total. The summed E-state index contributed by atoms with van der Waals surface area (Å²) in [6, 6.07) is 10.2. The first-order valence-electron chi connectivity index (χ1n) is 5.88. The van der Waals surface area contributed by atoms with E-state index in [0.29, 0.717) is 11.1 Å². The second-order valence-corrected chi connectivity index (χ2v) is 4.49. The molecule has 0 radical (unpaired) electrons. The number of rotatable bonds is 2.